The van der Waals surface area contributed by atoms with E-state index in [9.17, 15) is 14.4 Å². The second-order valence-electron chi connectivity index (χ2n) is 5.59. The third kappa shape index (κ3) is 7.91. The van der Waals surface area contributed by atoms with Gasteiger partial charge in [0.1, 0.15) is 31.4 Å². The van der Waals surface area contributed by atoms with Gasteiger partial charge in [-0.1, -0.05) is 30.3 Å². The molecule has 8 heteroatoms. The molecule has 0 saturated carbocycles. The molecule has 0 bridgehead atoms. The summed E-state index contributed by atoms with van der Waals surface area (Å²) in [6.07, 6.45) is 0.424. The molecule has 0 aliphatic heterocycles. The van der Waals surface area contributed by atoms with Crippen molar-refractivity contribution in [2.24, 2.45) is 0 Å². The normalized spacial score (nSPS) is 11.6. The molecule has 0 unspecified atom stereocenters. The standard InChI is InChI=1S/C18H22O8/c1-14(16(20)25-17(21)23-12-11-22-10-9-19)13-24-26-18(2,3)15-7-5-4-6-8-15/h4-9,13H,10-12H2,1-3H3. The van der Waals surface area contributed by atoms with E-state index in [1.807, 2.05) is 30.3 Å². The van der Waals surface area contributed by atoms with E-state index in [-0.39, 0.29) is 25.4 Å². The summed E-state index contributed by atoms with van der Waals surface area (Å²) < 4.78 is 13.8. The van der Waals surface area contributed by atoms with Crippen LogP contribution in [0.2, 0.25) is 0 Å². The number of carbonyl (C=O) groups is 3. The summed E-state index contributed by atoms with van der Waals surface area (Å²) in [6.45, 7) is 4.76. The highest BCUT2D eigenvalue weighted by atomic mass is 17.2. The summed E-state index contributed by atoms with van der Waals surface area (Å²) >= 11 is 0. The average Bonchev–Trinajstić information content (AvgIpc) is 2.62. The van der Waals surface area contributed by atoms with E-state index in [1.165, 1.54) is 6.92 Å². The Morgan fingerprint density at radius 2 is 1.81 bits per heavy atom. The average molecular weight is 366 g/mol. The van der Waals surface area contributed by atoms with Crippen molar-refractivity contribution in [1.29, 1.82) is 0 Å². The maximum Gasteiger partial charge on any atom is 0.516 e. The Kier molecular flexibility index (Phi) is 9.04. The molecule has 0 spiro atoms. The Bertz CT molecular complexity index is 621. The number of aldehydes is 1. The molecule has 0 radical (unpaired) electrons. The Balaban J connectivity index is 2.38. The lowest BCUT2D eigenvalue weighted by molar-refractivity contribution is -0.321. The molecule has 0 amide bonds. The van der Waals surface area contributed by atoms with E-state index < -0.39 is 17.7 Å². The van der Waals surface area contributed by atoms with Crippen LogP contribution in [0.25, 0.3) is 0 Å². The topological polar surface area (TPSA) is 97.4 Å². The summed E-state index contributed by atoms with van der Waals surface area (Å²) in [7, 11) is 0. The van der Waals surface area contributed by atoms with E-state index in [1.54, 1.807) is 13.8 Å². The lowest BCUT2D eigenvalue weighted by Crippen LogP contribution is -2.21. The van der Waals surface area contributed by atoms with Crippen molar-refractivity contribution in [1.82, 2.24) is 0 Å². The summed E-state index contributed by atoms with van der Waals surface area (Å²) in [6, 6.07) is 9.38. The third-order valence-corrected chi connectivity index (χ3v) is 3.08. The van der Waals surface area contributed by atoms with Gasteiger partial charge in [-0.3, -0.25) is 0 Å². The Morgan fingerprint density at radius 3 is 2.46 bits per heavy atom. The highest BCUT2D eigenvalue weighted by Gasteiger charge is 2.23. The van der Waals surface area contributed by atoms with Crippen molar-refractivity contribution in [2.45, 2.75) is 26.4 Å². The van der Waals surface area contributed by atoms with Crippen LogP contribution in [0, 0.1) is 0 Å². The number of ether oxygens (including phenoxy) is 3. The second kappa shape index (κ2) is 11.0. The molecule has 0 aliphatic rings. The van der Waals surface area contributed by atoms with Gasteiger partial charge in [0, 0.05) is 0 Å². The first-order valence-electron chi connectivity index (χ1n) is 7.84. The van der Waals surface area contributed by atoms with E-state index in [0.29, 0.717) is 6.29 Å². The third-order valence-electron chi connectivity index (χ3n) is 3.08. The van der Waals surface area contributed by atoms with Gasteiger partial charge < -0.3 is 23.9 Å². The van der Waals surface area contributed by atoms with Crippen LogP contribution >= 0.6 is 0 Å². The van der Waals surface area contributed by atoms with Crippen molar-refractivity contribution in [3.05, 3.63) is 47.7 Å². The zero-order valence-electron chi connectivity index (χ0n) is 14.9. The largest absolute Gasteiger partial charge is 0.516 e. The van der Waals surface area contributed by atoms with Gasteiger partial charge in [-0.15, -0.1) is 0 Å². The molecular formula is C18H22O8. The van der Waals surface area contributed by atoms with Gasteiger partial charge in [-0.25, -0.2) is 9.59 Å². The number of hydrogen-bond donors (Lipinski definition) is 0. The van der Waals surface area contributed by atoms with Crippen LogP contribution in [0.4, 0.5) is 4.79 Å². The number of esters is 1. The molecule has 142 valence electrons. The lowest BCUT2D eigenvalue weighted by Gasteiger charge is -2.22. The molecule has 1 aromatic carbocycles. The van der Waals surface area contributed by atoms with Crippen LogP contribution in [0.3, 0.4) is 0 Å². The zero-order chi connectivity index (χ0) is 19.4. The van der Waals surface area contributed by atoms with E-state index >= 15 is 0 Å². The smallest absolute Gasteiger partial charge is 0.431 e. The molecule has 0 heterocycles. The van der Waals surface area contributed by atoms with Crippen LogP contribution in [0.15, 0.2) is 42.2 Å². The molecule has 0 atom stereocenters. The van der Waals surface area contributed by atoms with Crippen molar-refractivity contribution in [3.63, 3.8) is 0 Å². The van der Waals surface area contributed by atoms with Crippen molar-refractivity contribution >= 4 is 18.4 Å². The minimum Gasteiger partial charge on any atom is -0.431 e. The van der Waals surface area contributed by atoms with Gasteiger partial charge in [0.25, 0.3) is 0 Å². The molecule has 0 aromatic heterocycles. The Labute approximate surface area is 151 Å². The second-order valence-corrected chi connectivity index (χ2v) is 5.59. The minimum absolute atomic E-state index is 0.00279. The van der Waals surface area contributed by atoms with E-state index in [0.717, 1.165) is 11.8 Å². The quantitative estimate of drug-likeness (QED) is 0.0911. The predicted molar refractivity (Wildman–Crippen MR) is 89.7 cm³/mol. The number of carbonyl (C=O) groups excluding carboxylic acids is 3. The molecule has 8 nitrogen and oxygen atoms in total. The Hall–Kier alpha value is -2.71. The molecule has 26 heavy (non-hydrogen) atoms. The van der Waals surface area contributed by atoms with Crippen LogP contribution < -0.4 is 0 Å². The number of hydrogen-bond acceptors (Lipinski definition) is 8. The molecule has 1 rings (SSSR count). The summed E-state index contributed by atoms with van der Waals surface area (Å²) in [4.78, 5) is 43.3. The van der Waals surface area contributed by atoms with Crippen LogP contribution in [-0.4, -0.2) is 38.2 Å². The molecule has 0 fully saturated rings. The van der Waals surface area contributed by atoms with Gasteiger partial charge >= 0.3 is 12.1 Å². The van der Waals surface area contributed by atoms with Crippen molar-refractivity contribution in [2.75, 3.05) is 19.8 Å². The summed E-state index contributed by atoms with van der Waals surface area (Å²) in [5.74, 6) is -0.940. The fraction of sp³-hybridized carbons (Fsp3) is 0.389. The first kappa shape index (κ1) is 21.3. The van der Waals surface area contributed by atoms with Crippen LogP contribution in [0.5, 0.6) is 0 Å². The van der Waals surface area contributed by atoms with E-state index in [2.05, 4.69) is 9.47 Å². The van der Waals surface area contributed by atoms with Crippen LogP contribution in [0.1, 0.15) is 26.3 Å². The first-order valence-corrected chi connectivity index (χ1v) is 7.84. The zero-order valence-corrected chi connectivity index (χ0v) is 14.9. The maximum absolute atomic E-state index is 11.7. The summed E-state index contributed by atoms with van der Waals surface area (Å²) in [5, 5.41) is 0. The SMILES string of the molecule is CC(=COOC(C)(C)c1ccccc1)C(=O)OC(=O)OCCOCC=O. The predicted octanol–water partition coefficient (Wildman–Crippen LogP) is 2.67. The van der Waals surface area contributed by atoms with Crippen molar-refractivity contribution in [3.8, 4) is 0 Å². The van der Waals surface area contributed by atoms with Gasteiger partial charge in [-0.05, 0) is 26.3 Å². The Morgan fingerprint density at radius 1 is 1.12 bits per heavy atom. The number of benzene rings is 1. The molecule has 1 aromatic rings. The molecular weight excluding hydrogens is 344 g/mol. The van der Waals surface area contributed by atoms with Crippen molar-refractivity contribution < 1.29 is 38.4 Å². The van der Waals surface area contributed by atoms with Gasteiger partial charge in [0.05, 0.1) is 12.2 Å². The minimum atomic E-state index is -1.18. The highest BCUT2D eigenvalue weighted by Crippen LogP contribution is 2.24. The fourth-order valence-electron chi connectivity index (χ4n) is 1.65. The monoisotopic (exact) mass is 366 g/mol. The summed E-state index contributed by atoms with van der Waals surface area (Å²) in [5.41, 5.74) is 0.139. The first-order chi connectivity index (χ1) is 12.4. The molecule has 0 saturated heterocycles. The molecule has 0 N–H and O–H groups in total. The van der Waals surface area contributed by atoms with Crippen LogP contribution in [-0.2, 0) is 39.2 Å². The lowest BCUT2D eigenvalue weighted by atomic mass is 9.99. The van der Waals surface area contributed by atoms with Gasteiger partial charge in [0.2, 0.25) is 0 Å². The fourth-order valence-corrected chi connectivity index (χ4v) is 1.65. The van der Waals surface area contributed by atoms with Gasteiger partial charge in [0.15, 0.2) is 0 Å². The number of rotatable bonds is 10. The highest BCUT2D eigenvalue weighted by molar-refractivity contribution is 5.93. The maximum atomic E-state index is 11.7. The van der Waals surface area contributed by atoms with Gasteiger partial charge in [-0.2, -0.15) is 4.89 Å². The van der Waals surface area contributed by atoms with E-state index in [4.69, 9.17) is 14.5 Å². The molecule has 0 aliphatic carbocycles.